The van der Waals surface area contributed by atoms with E-state index in [0.29, 0.717) is 13.0 Å². The monoisotopic (exact) mass is 343 g/mol. The molecular weight excluding hydrogens is 319 g/mol. The number of fused-ring (bicyclic) bond motifs is 1. The van der Waals surface area contributed by atoms with E-state index in [9.17, 15) is 13.2 Å². The van der Waals surface area contributed by atoms with Crippen LogP contribution in [0.4, 0.5) is 13.2 Å². The van der Waals surface area contributed by atoms with Crippen LogP contribution < -0.4 is 5.32 Å². The molecule has 0 aromatic heterocycles. The van der Waals surface area contributed by atoms with Gasteiger partial charge in [-0.25, -0.2) is 0 Å². The standard InChI is InChI=1S/C17H24F3N3O/c1-2-21-16(22-9-5-11-24-13-17(18,19)20)23-10-8-14-6-3-4-7-15(14)12-23/h3-4,6-7H,2,5,8-13H2,1H3,(H,21,22). The van der Waals surface area contributed by atoms with Crippen LogP contribution in [0.25, 0.3) is 0 Å². The van der Waals surface area contributed by atoms with Gasteiger partial charge in [0.25, 0.3) is 0 Å². The van der Waals surface area contributed by atoms with Gasteiger partial charge < -0.3 is 15.0 Å². The van der Waals surface area contributed by atoms with Crippen molar-refractivity contribution in [3.8, 4) is 0 Å². The van der Waals surface area contributed by atoms with Gasteiger partial charge in [-0.1, -0.05) is 24.3 Å². The molecule has 0 spiro atoms. The lowest BCUT2D eigenvalue weighted by Crippen LogP contribution is -2.44. The lowest BCUT2D eigenvalue weighted by molar-refractivity contribution is -0.173. The third-order valence-electron chi connectivity index (χ3n) is 3.74. The van der Waals surface area contributed by atoms with E-state index in [1.165, 1.54) is 11.1 Å². The fourth-order valence-electron chi connectivity index (χ4n) is 2.64. The number of hydrogen-bond acceptors (Lipinski definition) is 2. The number of nitrogens with one attached hydrogen (secondary N) is 1. The van der Waals surface area contributed by atoms with E-state index in [2.05, 4.69) is 38.1 Å². The topological polar surface area (TPSA) is 36.9 Å². The Morgan fingerprint density at radius 3 is 2.75 bits per heavy atom. The molecule has 0 bridgehead atoms. The van der Waals surface area contributed by atoms with Crippen molar-refractivity contribution in [2.75, 3.05) is 32.8 Å². The van der Waals surface area contributed by atoms with Gasteiger partial charge in [0, 0.05) is 32.8 Å². The van der Waals surface area contributed by atoms with Crippen LogP contribution in [0.2, 0.25) is 0 Å². The van der Waals surface area contributed by atoms with Crippen molar-refractivity contribution in [1.29, 1.82) is 0 Å². The maximum atomic E-state index is 12.0. The van der Waals surface area contributed by atoms with Gasteiger partial charge in [0.2, 0.25) is 0 Å². The number of hydrogen-bond donors (Lipinski definition) is 1. The third-order valence-corrected chi connectivity index (χ3v) is 3.74. The van der Waals surface area contributed by atoms with Crippen molar-refractivity contribution in [2.24, 2.45) is 4.99 Å². The molecule has 1 aliphatic rings. The fraction of sp³-hybridized carbons (Fsp3) is 0.588. The molecule has 24 heavy (non-hydrogen) atoms. The molecule has 0 unspecified atom stereocenters. The quantitative estimate of drug-likeness (QED) is 0.490. The van der Waals surface area contributed by atoms with Gasteiger partial charge in [-0.05, 0) is 30.9 Å². The van der Waals surface area contributed by atoms with Gasteiger partial charge in [0.15, 0.2) is 5.96 Å². The molecule has 134 valence electrons. The summed E-state index contributed by atoms with van der Waals surface area (Å²) in [7, 11) is 0. The van der Waals surface area contributed by atoms with Crippen LogP contribution in [-0.2, 0) is 17.7 Å². The number of guanidine groups is 1. The maximum Gasteiger partial charge on any atom is 0.411 e. The van der Waals surface area contributed by atoms with Gasteiger partial charge in [-0.15, -0.1) is 0 Å². The van der Waals surface area contributed by atoms with Crippen molar-refractivity contribution in [2.45, 2.75) is 32.5 Å². The van der Waals surface area contributed by atoms with Crippen molar-refractivity contribution in [3.63, 3.8) is 0 Å². The van der Waals surface area contributed by atoms with E-state index in [4.69, 9.17) is 0 Å². The smallest absolute Gasteiger partial charge is 0.372 e. The molecule has 0 atom stereocenters. The molecule has 1 aromatic rings. The second-order valence-corrected chi connectivity index (χ2v) is 5.70. The van der Waals surface area contributed by atoms with E-state index in [1.54, 1.807) is 0 Å². The lowest BCUT2D eigenvalue weighted by atomic mass is 10.0. The van der Waals surface area contributed by atoms with Crippen LogP contribution in [0, 0.1) is 0 Å². The Labute approximate surface area is 140 Å². The first-order chi connectivity index (χ1) is 11.5. The first kappa shape index (κ1) is 18.6. The first-order valence-corrected chi connectivity index (χ1v) is 8.24. The van der Waals surface area contributed by atoms with Crippen LogP contribution in [0.1, 0.15) is 24.5 Å². The zero-order chi connectivity index (χ0) is 17.4. The number of aliphatic imine (C=N–C) groups is 1. The first-order valence-electron chi connectivity index (χ1n) is 8.24. The summed E-state index contributed by atoms with van der Waals surface area (Å²) in [4.78, 5) is 6.70. The van der Waals surface area contributed by atoms with E-state index in [-0.39, 0.29) is 6.61 Å². The van der Waals surface area contributed by atoms with Gasteiger partial charge in [-0.3, -0.25) is 4.99 Å². The Morgan fingerprint density at radius 2 is 2.04 bits per heavy atom. The van der Waals surface area contributed by atoms with Gasteiger partial charge >= 0.3 is 6.18 Å². The highest BCUT2D eigenvalue weighted by atomic mass is 19.4. The molecule has 7 heteroatoms. The molecule has 1 aliphatic heterocycles. The van der Waals surface area contributed by atoms with Crippen molar-refractivity contribution in [1.82, 2.24) is 10.2 Å². The highest BCUT2D eigenvalue weighted by molar-refractivity contribution is 5.80. The summed E-state index contributed by atoms with van der Waals surface area (Å²) in [5.74, 6) is 0.808. The summed E-state index contributed by atoms with van der Waals surface area (Å²) >= 11 is 0. The summed E-state index contributed by atoms with van der Waals surface area (Å²) in [5.41, 5.74) is 2.66. The average molecular weight is 343 g/mol. The van der Waals surface area contributed by atoms with E-state index < -0.39 is 12.8 Å². The van der Waals surface area contributed by atoms with E-state index in [0.717, 1.165) is 32.0 Å². The van der Waals surface area contributed by atoms with Gasteiger partial charge in [0.1, 0.15) is 6.61 Å². The summed E-state index contributed by atoms with van der Waals surface area (Å²) in [5, 5.41) is 3.25. The molecule has 0 fully saturated rings. The molecule has 0 saturated heterocycles. The molecule has 1 heterocycles. The third kappa shape index (κ3) is 6.03. The van der Waals surface area contributed by atoms with E-state index >= 15 is 0 Å². The minimum absolute atomic E-state index is 0.0608. The molecular formula is C17H24F3N3O. The minimum Gasteiger partial charge on any atom is -0.372 e. The largest absolute Gasteiger partial charge is 0.411 e. The predicted molar refractivity (Wildman–Crippen MR) is 88.0 cm³/mol. The Kier molecular flexibility index (Phi) is 6.90. The highest BCUT2D eigenvalue weighted by Crippen LogP contribution is 2.18. The molecule has 0 saturated carbocycles. The highest BCUT2D eigenvalue weighted by Gasteiger charge is 2.27. The van der Waals surface area contributed by atoms with Crippen LogP contribution in [0.3, 0.4) is 0 Å². The average Bonchev–Trinajstić information content (AvgIpc) is 2.55. The number of benzene rings is 1. The second-order valence-electron chi connectivity index (χ2n) is 5.70. The van der Waals surface area contributed by atoms with Crippen molar-refractivity contribution in [3.05, 3.63) is 35.4 Å². The summed E-state index contributed by atoms with van der Waals surface area (Å²) in [6, 6.07) is 8.35. The fourth-order valence-corrected chi connectivity index (χ4v) is 2.64. The SMILES string of the molecule is CCNC(=NCCCOCC(F)(F)F)N1CCc2ccccc2C1. The zero-order valence-corrected chi connectivity index (χ0v) is 13.9. The van der Waals surface area contributed by atoms with Crippen LogP contribution >= 0.6 is 0 Å². The molecule has 4 nitrogen and oxygen atoms in total. The molecule has 1 aromatic carbocycles. The summed E-state index contributed by atoms with van der Waals surface area (Å²) in [6.07, 6.45) is -2.83. The molecule has 2 rings (SSSR count). The number of rotatable bonds is 6. The molecule has 0 amide bonds. The Morgan fingerprint density at radius 1 is 1.29 bits per heavy atom. The van der Waals surface area contributed by atoms with Crippen LogP contribution in [0.5, 0.6) is 0 Å². The Balaban J connectivity index is 1.83. The Bertz CT molecular complexity index is 546. The summed E-state index contributed by atoms with van der Waals surface area (Å²) in [6.45, 7) is 3.74. The van der Waals surface area contributed by atoms with Crippen molar-refractivity contribution >= 4 is 5.96 Å². The number of ether oxygens (including phenoxy) is 1. The van der Waals surface area contributed by atoms with Gasteiger partial charge in [0.05, 0.1) is 0 Å². The molecule has 0 radical (unpaired) electrons. The summed E-state index contributed by atoms with van der Waals surface area (Å²) < 4.78 is 40.6. The predicted octanol–water partition coefficient (Wildman–Crippen LogP) is 2.98. The molecule has 1 N–H and O–H groups in total. The zero-order valence-electron chi connectivity index (χ0n) is 13.9. The number of nitrogens with zero attached hydrogens (tertiary/aromatic N) is 2. The second kappa shape index (κ2) is 8.92. The minimum atomic E-state index is -4.26. The lowest BCUT2D eigenvalue weighted by Gasteiger charge is -2.31. The maximum absolute atomic E-state index is 12.0. The van der Waals surface area contributed by atoms with Crippen LogP contribution in [0.15, 0.2) is 29.3 Å². The van der Waals surface area contributed by atoms with E-state index in [1.807, 2.05) is 13.0 Å². The number of alkyl halides is 3. The van der Waals surface area contributed by atoms with Gasteiger partial charge in [-0.2, -0.15) is 13.2 Å². The Hall–Kier alpha value is -1.76. The van der Waals surface area contributed by atoms with Crippen LogP contribution in [-0.4, -0.2) is 49.9 Å². The normalized spacial score (nSPS) is 15.3. The van der Waals surface area contributed by atoms with Crippen molar-refractivity contribution < 1.29 is 17.9 Å². The number of halogens is 3. The molecule has 0 aliphatic carbocycles.